The molecular formula is C14H10F3N3. The number of hydrogen-bond acceptors (Lipinski definition) is 3. The number of aromatic nitrogens is 1. The minimum atomic E-state index is -4.48. The molecule has 1 aromatic heterocycles. The van der Waals surface area contributed by atoms with Crippen molar-refractivity contribution in [2.45, 2.75) is 12.6 Å². The van der Waals surface area contributed by atoms with E-state index in [1.165, 1.54) is 30.5 Å². The first-order valence-electron chi connectivity index (χ1n) is 5.71. The summed E-state index contributed by atoms with van der Waals surface area (Å²) >= 11 is 0. The van der Waals surface area contributed by atoms with Gasteiger partial charge in [0.05, 0.1) is 29.4 Å². The Bertz CT molecular complexity index is 672. The number of pyridine rings is 1. The van der Waals surface area contributed by atoms with Crippen LogP contribution in [0.4, 0.5) is 18.9 Å². The summed E-state index contributed by atoms with van der Waals surface area (Å²) in [5.74, 6) is 0. The maximum absolute atomic E-state index is 13.0. The third kappa shape index (κ3) is 2.72. The molecule has 1 aromatic carbocycles. The van der Waals surface area contributed by atoms with Crippen molar-refractivity contribution >= 4 is 5.69 Å². The molecule has 0 spiro atoms. The largest absolute Gasteiger partial charge is 0.417 e. The monoisotopic (exact) mass is 277 g/mol. The van der Waals surface area contributed by atoms with Gasteiger partial charge in [0, 0.05) is 11.8 Å². The summed E-state index contributed by atoms with van der Waals surface area (Å²) < 4.78 is 38.9. The zero-order chi connectivity index (χ0) is 14.8. The molecule has 0 aliphatic carbocycles. The molecule has 1 heterocycles. The van der Waals surface area contributed by atoms with Crippen LogP contribution in [0.5, 0.6) is 0 Å². The van der Waals surface area contributed by atoms with E-state index in [9.17, 15) is 13.2 Å². The average molecular weight is 277 g/mol. The fourth-order valence-electron chi connectivity index (χ4n) is 1.88. The van der Waals surface area contributed by atoms with Crippen molar-refractivity contribution in [2.24, 2.45) is 0 Å². The van der Waals surface area contributed by atoms with Gasteiger partial charge in [-0.2, -0.15) is 18.4 Å². The zero-order valence-corrected chi connectivity index (χ0v) is 10.3. The van der Waals surface area contributed by atoms with Crippen molar-refractivity contribution in [1.29, 1.82) is 5.26 Å². The third-order valence-corrected chi connectivity index (χ3v) is 2.74. The minimum Gasteiger partial charge on any atom is -0.397 e. The lowest BCUT2D eigenvalue weighted by Gasteiger charge is -2.13. The van der Waals surface area contributed by atoms with Crippen LogP contribution in [0.1, 0.15) is 11.1 Å². The molecule has 2 N–H and O–H groups in total. The molecule has 0 aliphatic heterocycles. The molecular weight excluding hydrogens is 267 g/mol. The van der Waals surface area contributed by atoms with E-state index in [4.69, 9.17) is 11.0 Å². The van der Waals surface area contributed by atoms with Crippen molar-refractivity contribution in [3.8, 4) is 17.3 Å². The highest BCUT2D eigenvalue weighted by molar-refractivity contribution is 5.75. The van der Waals surface area contributed by atoms with E-state index in [1.54, 1.807) is 0 Å². The molecule has 0 saturated carbocycles. The Morgan fingerprint density at radius 1 is 1.25 bits per heavy atom. The first-order valence-corrected chi connectivity index (χ1v) is 5.71. The predicted octanol–water partition coefficient (Wildman–Crippen LogP) is 3.42. The number of nitriles is 1. The first-order chi connectivity index (χ1) is 9.43. The second-order valence-corrected chi connectivity index (χ2v) is 4.16. The van der Waals surface area contributed by atoms with E-state index in [0.29, 0.717) is 5.56 Å². The number of nitrogen functional groups attached to an aromatic ring is 1. The van der Waals surface area contributed by atoms with E-state index in [2.05, 4.69) is 4.98 Å². The molecule has 0 bridgehead atoms. The number of nitrogens with zero attached hydrogens (tertiary/aromatic N) is 2. The standard InChI is InChI=1S/C14H10F3N3/c15-14(16,17)11-4-2-1-3-10(11)13-12(19)7-9(5-6-18)8-20-13/h1-4,7-8H,5,19H2. The molecule has 0 fully saturated rings. The van der Waals surface area contributed by atoms with Gasteiger partial charge in [0.25, 0.3) is 0 Å². The molecule has 2 rings (SSSR count). The number of benzene rings is 1. The van der Waals surface area contributed by atoms with Crippen LogP contribution in [-0.2, 0) is 12.6 Å². The summed E-state index contributed by atoms with van der Waals surface area (Å²) in [6.45, 7) is 0. The molecule has 0 atom stereocenters. The van der Waals surface area contributed by atoms with E-state index in [0.717, 1.165) is 6.07 Å². The van der Waals surface area contributed by atoms with E-state index >= 15 is 0 Å². The third-order valence-electron chi connectivity index (χ3n) is 2.74. The van der Waals surface area contributed by atoms with Gasteiger partial charge in [-0.3, -0.25) is 4.98 Å². The van der Waals surface area contributed by atoms with Crippen LogP contribution in [0.2, 0.25) is 0 Å². The summed E-state index contributed by atoms with van der Waals surface area (Å²) in [4.78, 5) is 3.97. The molecule has 6 heteroatoms. The fraction of sp³-hybridized carbons (Fsp3) is 0.143. The van der Waals surface area contributed by atoms with Crippen LogP contribution in [0.15, 0.2) is 36.5 Å². The number of hydrogen-bond donors (Lipinski definition) is 1. The number of alkyl halides is 3. The molecule has 0 aliphatic rings. The van der Waals surface area contributed by atoms with E-state index < -0.39 is 11.7 Å². The Hall–Kier alpha value is -2.55. The normalized spacial score (nSPS) is 11.1. The molecule has 0 unspecified atom stereocenters. The predicted molar refractivity (Wildman–Crippen MR) is 68.4 cm³/mol. The van der Waals surface area contributed by atoms with Crippen LogP contribution in [-0.4, -0.2) is 4.98 Å². The van der Waals surface area contributed by atoms with E-state index in [-0.39, 0.29) is 23.4 Å². The Kier molecular flexibility index (Phi) is 3.61. The van der Waals surface area contributed by atoms with Gasteiger partial charge in [-0.15, -0.1) is 0 Å². The van der Waals surface area contributed by atoms with Gasteiger partial charge in [-0.05, 0) is 17.7 Å². The highest BCUT2D eigenvalue weighted by Gasteiger charge is 2.34. The van der Waals surface area contributed by atoms with Crippen LogP contribution in [0, 0.1) is 11.3 Å². The second kappa shape index (κ2) is 5.21. The Balaban J connectivity index is 2.56. The number of nitrogens with two attached hydrogens (primary N) is 1. The molecule has 0 saturated heterocycles. The van der Waals surface area contributed by atoms with Crippen LogP contribution in [0.3, 0.4) is 0 Å². The van der Waals surface area contributed by atoms with Crippen LogP contribution < -0.4 is 5.73 Å². The van der Waals surface area contributed by atoms with E-state index in [1.807, 2.05) is 6.07 Å². The molecule has 20 heavy (non-hydrogen) atoms. The van der Waals surface area contributed by atoms with Gasteiger partial charge in [0.2, 0.25) is 0 Å². The molecule has 102 valence electrons. The highest BCUT2D eigenvalue weighted by atomic mass is 19.4. The lowest BCUT2D eigenvalue weighted by atomic mass is 10.0. The van der Waals surface area contributed by atoms with Crippen molar-refractivity contribution in [1.82, 2.24) is 4.98 Å². The quantitative estimate of drug-likeness (QED) is 0.914. The minimum absolute atomic E-state index is 0.0685. The Labute approximate surface area is 113 Å². The van der Waals surface area contributed by atoms with Gasteiger partial charge in [0.15, 0.2) is 0 Å². The fourth-order valence-corrected chi connectivity index (χ4v) is 1.88. The van der Waals surface area contributed by atoms with Gasteiger partial charge < -0.3 is 5.73 Å². The van der Waals surface area contributed by atoms with Crippen molar-refractivity contribution in [2.75, 3.05) is 5.73 Å². The summed E-state index contributed by atoms with van der Waals surface area (Å²) in [5, 5.41) is 8.58. The van der Waals surface area contributed by atoms with Gasteiger partial charge in [0.1, 0.15) is 0 Å². The summed E-state index contributed by atoms with van der Waals surface area (Å²) in [5.41, 5.74) is 5.66. The number of anilines is 1. The maximum Gasteiger partial charge on any atom is 0.417 e. The molecule has 2 aromatic rings. The average Bonchev–Trinajstić information content (AvgIpc) is 2.38. The lowest BCUT2D eigenvalue weighted by Crippen LogP contribution is -2.08. The lowest BCUT2D eigenvalue weighted by molar-refractivity contribution is -0.137. The first kappa shape index (κ1) is 13.9. The topological polar surface area (TPSA) is 62.7 Å². The van der Waals surface area contributed by atoms with Gasteiger partial charge >= 0.3 is 6.18 Å². The van der Waals surface area contributed by atoms with Crippen molar-refractivity contribution in [3.05, 3.63) is 47.7 Å². The summed E-state index contributed by atoms with van der Waals surface area (Å²) in [6, 6.07) is 8.52. The number of halogens is 3. The van der Waals surface area contributed by atoms with Crippen molar-refractivity contribution in [3.63, 3.8) is 0 Å². The van der Waals surface area contributed by atoms with Crippen LogP contribution in [0.25, 0.3) is 11.3 Å². The zero-order valence-electron chi connectivity index (χ0n) is 10.3. The van der Waals surface area contributed by atoms with Gasteiger partial charge in [-0.25, -0.2) is 0 Å². The maximum atomic E-state index is 13.0. The summed E-state index contributed by atoms with van der Waals surface area (Å²) in [7, 11) is 0. The number of rotatable bonds is 2. The van der Waals surface area contributed by atoms with Crippen LogP contribution >= 0.6 is 0 Å². The Morgan fingerprint density at radius 3 is 2.55 bits per heavy atom. The van der Waals surface area contributed by atoms with Gasteiger partial charge in [-0.1, -0.05) is 18.2 Å². The Morgan fingerprint density at radius 2 is 1.95 bits per heavy atom. The SMILES string of the molecule is N#CCc1cnc(-c2ccccc2C(F)(F)F)c(N)c1. The molecule has 0 amide bonds. The molecule has 0 radical (unpaired) electrons. The smallest absolute Gasteiger partial charge is 0.397 e. The second-order valence-electron chi connectivity index (χ2n) is 4.16. The highest BCUT2D eigenvalue weighted by Crippen LogP contribution is 2.37. The summed E-state index contributed by atoms with van der Waals surface area (Å²) in [6.07, 6.45) is -3.00. The van der Waals surface area contributed by atoms with Crippen molar-refractivity contribution < 1.29 is 13.2 Å². The molecule has 3 nitrogen and oxygen atoms in total.